The van der Waals surface area contributed by atoms with Crippen molar-refractivity contribution in [3.05, 3.63) is 51.7 Å². The SMILES string of the molecule is CCNC(=NCc1oc2ccccc2c1C)NCCc1ncc(C)s1. The van der Waals surface area contributed by atoms with Gasteiger partial charge in [0.05, 0.1) is 5.01 Å². The number of para-hydroxylation sites is 1. The number of rotatable bonds is 6. The van der Waals surface area contributed by atoms with Gasteiger partial charge in [0.25, 0.3) is 0 Å². The van der Waals surface area contributed by atoms with Gasteiger partial charge in [-0.2, -0.15) is 0 Å². The number of nitrogens with zero attached hydrogens (tertiary/aromatic N) is 2. The van der Waals surface area contributed by atoms with Crippen LogP contribution in [0.1, 0.15) is 28.1 Å². The molecule has 0 spiro atoms. The van der Waals surface area contributed by atoms with Gasteiger partial charge in [-0.1, -0.05) is 18.2 Å². The van der Waals surface area contributed by atoms with E-state index >= 15 is 0 Å². The summed E-state index contributed by atoms with van der Waals surface area (Å²) < 4.78 is 5.93. The standard InChI is InChI=1S/C19H24N4OS/c1-4-20-19(21-10-9-18-22-11-13(2)25-18)23-12-17-14(3)15-7-5-6-8-16(15)24-17/h5-8,11H,4,9-10,12H2,1-3H3,(H2,20,21,23). The Morgan fingerprint density at radius 1 is 1.24 bits per heavy atom. The lowest BCUT2D eigenvalue weighted by atomic mass is 10.1. The molecule has 2 heterocycles. The Balaban J connectivity index is 1.63. The van der Waals surface area contributed by atoms with E-state index in [1.54, 1.807) is 11.3 Å². The van der Waals surface area contributed by atoms with Crippen molar-refractivity contribution in [1.29, 1.82) is 0 Å². The molecule has 3 aromatic rings. The third-order valence-electron chi connectivity index (χ3n) is 3.97. The fourth-order valence-electron chi connectivity index (χ4n) is 2.67. The highest BCUT2D eigenvalue weighted by molar-refractivity contribution is 7.11. The number of hydrogen-bond donors (Lipinski definition) is 2. The molecule has 1 aromatic carbocycles. The number of furan rings is 1. The lowest BCUT2D eigenvalue weighted by Crippen LogP contribution is -2.38. The van der Waals surface area contributed by atoms with E-state index in [0.29, 0.717) is 6.54 Å². The first-order chi connectivity index (χ1) is 12.2. The zero-order valence-electron chi connectivity index (χ0n) is 14.9. The zero-order chi connectivity index (χ0) is 17.6. The highest BCUT2D eigenvalue weighted by Crippen LogP contribution is 2.25. The monoisotopic (exact) mass is 356 g/mol. The number of hydrogen-bond acceptors (Lipinski definition) is 4. The molecule has 0 saturated carbocycles. The van der Waals surface area contributed by atoms with Crippen LogP contribution in [0.4, 0.5) is 0 Å². The lowest BCUT2D eigenvalue weighted by Gasteiger charge is -2.10. The molecule has 0 radical (unpaired) electrons. The lowest BCUT2D eigenvalue weighted by molar-refractivity contribution is 0.548. The van der Waals surface area contributed by atoms with Gasteiger partial charge in [0, 0.05) is 41.5 Å². The molecule has 0 aliphatic carbocycles. The Hall–Kier alpha value is -2.34. The Bertz CT molecular complexity index is 865. The van der Waals surface area contributed by atoms with E-state index in [0.717, 1.165) is 52.8 Å². The van der Waals surface area contributed by atoms with Gasteiger partial charge in [-0.3, -0.25) is 0 Å². The van der Waals surface area contributed by atoms with Gasteiger partial charge >= 0.3 is 0 Å². The molecular formula is C19H24N4OS. The number of aliphatic imine (C=N–C) groups is 1. The predicted molar refractivity (Wildman–Crippen MR) is 104 cm³/mol. The third kappa shape index (κ3) is 4.39. The Kier molecular flexibility index (Phi) is 5.71. The fraction of sp³-hybridized carbons (Fsp3) is 0.368. The smallest absolute Gasteiger partial charge is 0.191 e. The summed E-state index contributed by atoms with van der Waals surface area (Å²) in [5.74, 6) is 1.71. The molecule has 0 atom stereocenters. The summed E-state index contributed by atoms with van der Waals surface area (Å²) in [6.07, 6.45) is 2.82. The molecule has 2 N–H and O–H groups in total. The average molecular weight is 356 g/mol. The van der Waals surface area contributed by atoms with E-state index in [1.165, 1.54) is 4.88 Å². The third-order valence-corrected chi connectivity index (χ3v) is 4.94. The van der Waals surface area contributed by atoms with Crippen molar-refractivity contribution in [2.45, 2.75) is 33.7 Å². The van der Waals surface area contributed by atoms with Crippen LogP contribution in [0.3, 0.4) is 0 Å². The maximum Gasteiger partial charge on any atom is 0.191 e. The molecule has 0 unspecified atom stereocenters. The molecule has 5 nitrogen and oxygen atoms in total. The molecule has 2 aromatic heterocycles. The van der Waals surface area contributed by atoms with Crippen LogP contribution in [-0.4, -0.2) is 24.0 Å². The largest absolute Gasteiger partial charge is 0.459 e. The number of aromatic nitrogens is 1. The van der Waals surface area contributed by atoms with E-state index in [-0.39, 0.29) is 0 Å². The molecule has 6 heteroatoms. The molecule has 0 aliphatic rings. The zero-order valence-corrected chi connectivity index (χ0v) is 15.7. The van der Waals surface area contributed by atoms with Crippen LogP contribution in [0.25, 0.3) is 11.0 Å². The summed E-state index contributed by atoms with van der Waals surface area (Å²) in [7, 11) is 0. The molecule has 0 bridgehead atoms. The van der Waals surface area contributed by atoms with Gasteiger partial charge in [-0.25, -0.2) is 9.98 Å². The first-order valence-electron chi connectivity index (χ1n) is 8.58. The van der Waals surface area contributed by atoms with Crippen LogP contribution in [0.2, 0.25) is 0 Å². The molecule has 0 saturated heterocycles. The fourth-order valence-corrected chi connectivity index (χ4v) is 3.46. The summed E-state index contributed by atoms with van der Waals surface area (Å²) >= 11 is 1.74. The van der Waals surface area contributed by atoms with Crippen LogP contribution in [0, 0.1) is 13.8 Å². The van der Waals surface area contributed by atoms with Crippen molar-refractivity contribution < 1.29 is 4.42 Å². The Labute approximate surface area is 152 Å². The molecule has 0 aliphatic heterocycles. The summed E-state index contributed by atoms with van der Waals surface area (Å²) in [4.78, 5) is 10.3. The number of fused-ring (bicyclic) bond motifs is 1. The Morgan fingerprint density at radius 3 is 2.80 bits per heavy atom. The van der Waals surface area contributed by atoms with Crippen molar-refractivity contribution >= 4 is 28.3 Å². The average Bonchev–Trinajstić information content (AvgIpc) is 3.16. The maximum absolute atomic E-state index is 5.93. The van der Waals surface area contributed by atoms with Gasteiger partial charge in [0.1, 0.15) is 17.9 Å². The van der Waals surface area contributed by atoms with E-state index in [4.69, 9.17) is 4.42 Å². The van der Waals surface area contributed by atoms with E-state index in [1.807, 2.05) is 24.4 Å². The first-order valence-corrected chi connectivity index (χ1v) is 9.39. The van der Waals surface area contributed by atoms with Crippen LogP contribution in [0.15, 0.2) is 39.9 Å². The van der Waals surface area contributed by atoms with Gasteiger partial charge in [-0.15, -0.1) is 11.3 Å². The van der Waals surface area contributed by atoms with E-state index in [9.17, 15) is 0 Å². The minimum Gasteiger partial charge on any atom is -0.459 e. The van der Waals surface area contributed by atoms with Gasteiger partial charge in [0.15, 0.2) is 5.96 Å². The normalized spacial score (nSPS) is 11.9. The quantitative estimate of drug-likeness (QED) is 0.521. The molecule has 25 heavy (non-hydrogen) atoms. The minimum absolute atomic E-state index is 0.520. The van der Waals surface area contributed by atoms with Crippen LogP contribution in [-0.2, 0) is 13.0 Å². The van der Waals surface area contributed by atoms with Crippen LogP contribution >= 0.6 is 11.3 Å². The van der Waals surface area contributed by atoms with Crippen molar-refractivity contribution in [3.8, 4) is 0 Å². The van der Waals surface area contributed by atoms with Gasteiger partial charge in [0.2, 0.25) is 0 Å². The van der Waals surface area contributed by atoms with Crippen LogP contribution < -0.4 is 10.6 Å². The van der Waals surface area contributed by atoms with E-state index < -0.39 is 0 Å². The topological polar surface area (TPSA) is 62.5 Å². The minimum atomic E-state index is 0.520. The second-order valence-corrected chi connectivity index (χ2v) is 7.20. The maximum atomic E-state index is 5.93. The number of guanidine groups is 1. The summed E-state index contributed by atoms with van der Waals surface area (Å²) in [6.45, 7) is 8.37. The molecule has 3 rings (SSSR count). The van der Waals surface area contributed by atoms with Crippen molar-refractivity contribution in [3.63, 3.8) is 0 Å². The second kappa shape index (κ2) is 8.16. The molecular weight excluding hydrogens is 332 g/mol. The van der Waals surface area contributed by atoms with Gasteiger partial charge < -0.3 is 15.1 Å². The van der Waals surface area contributed by atoms with Crippen molar-refractivity contribution in [2.75, 3.05) is 13.1 Å². The summed E-state index contributed by atoms with van der Waals surface area (Å²) in [5.41, 5.74) is 2.08. The highest BCUT2D eigenvalue weighted by Gasteiger charge is 2.09. The number of aryl methyl sites for hydroxylation is 2. The number of thiazole rings is 1. The second-order valence-electron chi connectivity index (χ2n) is 5.88. The summed E-state index contributed by atoms with van der Waals surface area (Å²) in [6, 6.07) is 8.10. The highest BCUT2D eigenvalue weighted by atomic mass is 32.1. The van der Waals surface area contributed by atoms with E-state index in [2.05, 4.69) is 47.4 Å². The Morgan fingerprint density at radius 2 is 2.08 bits per heavy atom. The predicted octanol–water partition coefficient (Wildman–Crippen LogP) is 3.80. The first kappa shape index (κ1) is 17.5. The van der Waals surface area contributed by atoms with Gasteiger partial charge in [-0.05, 0) is 26.8 Å². The van der Waals surface area contributed by atoms with Crippen LogP contribution in [0.5, 0.6) is 0 Å². The summed E-state index contributed by atoms with van der Waals surface area (Å²) in [5, 5.41) is 8.95. The number of benzene rings is 1. The van der Waals surface area contributed by atoms with Crippen molar-refractivity contribution in [1.82, 2.24) is 15.6 Å². The molecule has 0 fully saturated rings. The molecule has 0 amide bonds. The molecule has 132 valence electrons. The number of nitrogens with one attached hydrogen (secondary N) is 2. The van der Waals surface area contributed by atoms with Crippen molar-refractivity contribution in [2.24, 2.45) is 4.99 Å².